The molecule has 0 aliphatic heterocycles. The van der Waals surface area contributed by atoms with Gasteiger partial charge < -0.3 is 19.0 Å². The minimum atomic E-state index is -1.11. The van der Waals surface area contributed by atoms with Gasteiger partial charge in [-0.3, -0.25) is 4.79 Å². The first-order valence-corrected chi connectivity index (χ1v) is 7.29. The van der Waals surface area contributed by atoms with E-state index >= 15 is 0 Å². The van der Waals surface area contributed by atoms with Crippen molar-refractivity contribution in [1.82, 2.24) is 0 Å². The van der Waals surface area contributed by atoms with Gasteiger partial charge in [-0.25, -0.2) is 9.18 Å². The number of ether oxygens (including phenoxy) is 2. The molecule has 0 aliphatic rings. The lowest BCUT2D eigenvalue weighted by atomic mass is 10.2. The number of aryl methyl sites for hydroxylation is 1. The van der Waals surface area contributed by atoms with Gasteiger partial charge in [0.05, 0.1) is 5.39 Å². The molecule has 0 saturated heterocycles. The van der Waals surface area contributed by atoms with E-state index < -0.39 is 23.8 Å². The summed E-state index contributed by atoms with van der Waals surface area (Å²) >= 11 is 0. The van der Waals surface area contributed by atoms with Crippen molar-refractivity contribution in [3.8, 4) is 17.2 Å². The lowest BCUT2D eigenvalue weighted by molar-refractivity contribution is -0.139. The maximum absolute atomic E-state index is 13.0. The number of aliphatic carboxylic acids is 1. The van der Waals surface area contributed by atoms with E-state index in [1.54, 1.807) is 6.92 Å². The molecule has 0 fully saturated rings. The molecule has 0 atom stereocenters. The molecule has 0 bridgehead atoms. The van der Waals surface area contributed by atoms with Crippen LogP contribution in [-0.2, 0) is 4.79 Å². The van der Waals surface area contributed by atoms with E-state index in [9.17, 15) is 14.0 Å². The number of rotatable bonds is 5. The zero-order valence-corrected chi connectivity index (χ0v) is 13.1. The molecule has 7 heteroatoms. The van der Waals surface area contributed by atoms with Crippen molar-refractivity contribution in [2.24, 2.45) is 0 Å². The predicted molar refractivity (Wildman–Crippen MR) is 86.8 cm³/mol. The Morgan fingerprint density at radius 3 is 2.52 bits per heavy atom. The van der Waals surface area contributed by atoms with Crippen molar-refractivity contribution < 1.29 is 28.2 Å². The Hall–Kier alpha value is -3.35. The van der Waals surface area contributed by atoms with Gasteiger partial charge in [0, 0.05) is 6.07 Å². The Balaban J connectivity index is 1.98. The number of halogens is 1. The summed E-state index contributed by atoms with van der Waals surface area (Å²) in [7, 11) is 0. The molecule has 25 heavy (non-hydrogen) atoms. The fourth-order valence-corrected chi connectivity index (χ4v) is 2.24. The van der Waals surface area contributed by atoms with Gasteiger partial charge in [0.25, 0.3) is 0 Å². The van der Waals surface area contributed by atoms with Crippen LogP contribution in [0.5, 0.6) is 17.2 Å². The van der Waals surface area contributed by atoms with Gasteiger partial charge >= 0.3 is 5.97 Å². The van der Waals surface area contributed by atoms with Crippen LogP contribution < -0.4 is 14.9 Å². The van der Waals surface area contributed by atoms with E-state index in [4.69, 9.17) is 19.0 Å². The Morgan fingerprint density at radius 2 is 1.84 bits per heavy atom. The van der Waals surface area contributed by atoms with Crippen LogP contribution in [0.2, 0.25) is 0 Å². The molecule has 1 N–H and O–H groups in total. The number of carboxylic acid groups (broad SMARTS) is 1. The monoisotopic (exact) mass is 344 g/mol. The molecule has 0 radical (unpaired) electrons. The Morgan fingerprint density at radius 1 is 1.16 bits per heavy atom. The molecule has 0 amide bonds. The average Bonchev–Trinajstić information content (AvgIpc) is 2.58. The van der Waals surface area contributed by atoms with Crippen molar-refractivity contribution in [2.75, 3.05) is 6.61 Å². The van der Waals surface area contributed by atoms with E-state index in [2.05, 4.69) is 0 Å². The van der Waals surface area contributed by atoms with Crippen LogP contribution in [0, 0.1) is 12.7 Å². The Labute approximate surface area is 141 Å². The highest BCUT2D eigenvalue weighted by Crippen LogP contribution is 2.27. The van der Waals surface area contributed by atoms with Crippen molar-refractivity contribution in [1.29, 1.82) is 0 Å². The van der Waals surface area contributed by atoms with Gasteiger partial charge in [-0.2, -0.15) is 0 Å². The number of benzene rings is 2. The molecule has 0 unspecified atom stereocenters. The highest BCUT2D eigenvalue weighted by molar-refractivity contribution is 5.79. The number of hydrogen-bond donors (Lipinski definition) is 1. The molecule has 6 nitrogen and oxygen atoms in total. The molecule has 3 aromatic rings. The molecule has 0 spiro atoms. The molecule has 2 aromatic carbocycles. The van der Waals surface area contributed by atoms with E-state index in [1.165, 1.54) is 42.5 Å². The van der Waals surface area contributed by atoms with Gasteiger partial charge in [0.15, 0.2) is 6.61 Å². The van der Waals surface area contributed by atoms with Gasteiger partial charge in [0.1, 0.15) is 28.7 Å². The predicted octanol–water partition coefficient (Wildman–Crippen LogP) is 3.50. The third kappa shape index (κ3) is 3.60. The SMILES string of the molecule is Cc1oc2cc(OCC(=O)O)ccc2c(=O)c1Oc1ccc(F)cc1. The molecule has 3 rings (SSSR count). The van der Waals surface area contributed by atoms with Crippen molar-refractivity contribution in [2.45, 2.75) is 6.92 Å². The fraction of sp³-hybridized carbons (Fsp3) is 0.111. The molecule has 1 aromatic heterocycles. The highest BCUT2D eigenvalue weighted by Gasteiger charge is 2.15. The van der Waals surface area contributed by atoms with Crippen molar-refractivity contribution in [3.05, 3.63) is 64.3 Å². The van der Waals surface area contributed by atoms with E-state index in [0.717, 1.165) is 0 Å². The first kappa shape index (κ1) is 16.5. The number of carbonyl (C=O) groups is 1. The van der Waals surface area contributed by atoms with Crippen molar-refractivity contribution in [3.63, 3.8) is 0 Å². The molecule has 1 heterocycles. The Kier molecular flexibility index (Phi) is 4.38. The van der Waals surface area contributed by atoms with Crippen molar-refractivity contribution >= 4 is 16.9 Å². The topological polar surface area (TPSA) is 86.0 Å². The maximum Gasteiger partial charge on any atom is 0.341 e. The minimum absolute atomic E-state index is 0.00156. The normalized spacial score (nSPS) is 10.6. The third-order valence-electron chi connectivity index (χ3n) is 3.38. The summed E-state index contributed by atoms with van der Waals surface area (Å²) in [6.45, 7) is 1.06. The maximum atomic E-state index is 13.0. The number of fused-ring (bicyclic) bond motifs is 1. The lowest BCUT2D eigenvalue weighted by Gasteiger charge is -2.09. The summed E-state index contributed by atoms with van der Waals surface area (Å²) in [6, 6.07) is 9.63. The molecule has 128 valence electrons. The van der Waals surface area contributed by atoms with Gasteiger partial charge in [-0.15, -0.1) is 0 Å². The number of hydrogen-bond acceptors (Lipinski definition) is 5. The largest absolute Gasteiger partial charge is 0.482 e. The van der Waals surface area contributed by atoms with E-state index in [1.807, 2.05) is 0 Å². The first-order valence-electron chi connectivity index (χ1n) is 7.29. The fourth-order valence-electron chi connectivity index (χ4n) is 2.24. The van der Waals surface area contributed by atoms with Crippen LogP contribution in [0.25, 0.3) is 11.0 Å². The smallest absolute Gasteiger partial charge is 0.341 e. The zero-order chi connectivity index (χ0) is 18.0. The van der Waals surface area contributed by atoms with E-state index in [0.29, 0.717) is 5.75 Å². The second-order valence-electron chi connectivity index (χ2n) is 5.21. The summed E-state index contributed by atoms with van der Waals surface area (Å²) in [5, 5.41) is 8.89. The van der Waals surface area contributed by atoms with Crippen LogP contribution in [0.3, 0.4) is 0 Å². The summed E-state index contributed by atoms with van der Waals surface area (Å²) in [5.74, 6) is -0.720. The quantitative estimate of drug-likeness (QED) is 0.762. The first-order chi connectivity index (χ1) is 11.9. The van der Waals surface area contributed by atoms with Gasteiger partial charge in [-0.1, -0.05) is 0 Å². The number of carboxylic acids is 1. The van der Waals surface area contributed by atoms with Crippen LogP contribution >= 0.6 is 0 Å². The minimum Gasteiger partial charge on any atom is -0.482 e. The van der Waals surface area contributed by atoms with Gasteiger partial charge in [0.2, 0.25) is 11.2 Å². The van der Waals surface area contributed by atoms with Crippen LogP contribution in [-0.4, -0.2) is 17.7 Å². The van der Waals surface area contributed by atoms with Crippen LogP contribution in [0.4, 0.5) is 4.39 Å². The summed E-state index contributed by atoms with van der Waals surface area (Å²) < 4.78 is 29.1. The zero-order valence-electron chi connectivity index (χ0n) is 13.1. The van der Waals surface area contributed by atoms with Crippen LogP contribution in [0.1, 0.15) is 5.76 Å². The molecular formula is C18H13FO6. The summed E-state index contributed by atoms with van der Waals surface area (Å²) in [6.07, 6.45) is 0. The molecule has 0 saturated carbocycles. The van der Waals surface area contributed by atoms with Gasteiger partial charge in [-0.05, 0) is 43.3 Å². The average molecular weight is 344 g/mol. The second kappa shape index (κ2) is 6.64. The Bertz CT molecular complexity index is 991. The summed E-state index contributed by atoms with van der Waals surface area (Å²) in [5.41, 5.74) is -0.148. The highest BCUT2D eigenvalue weighted by atomic mass is 19.1. The molecular weight excluding hydrogens is 331 g/mol. The lowest BCUT2D eigenvalue weighted by Crippen LogP contribution is -2.10. The third-order valence-corrected chi connectivity index (χ3v) is 3.38. The van der Waals surface area contributed by atoms with Crippen LogP contribution in [0.15, 0.2) is 51.7 Å². The second-order valence-corrected chi connectivity index (χ2v) is 5.21. The molecule has 0 aliphatic carbocycles. The summed E-state index contributed by atoms with van der Waals surface area (Å²) in [4.78, 5) is 23.1. The standard InChI is InChI=1S/C18H13FO6/c1-10-18(25-12-4-2-11(19)3-5-12)17(22)14-7-6-13(8-15(14)24-10)23-9-16(20)21/h2-8H,9H2,1H3,(H,20,21). The van der Waals surface area contributed by atoms with E-state index in [-0.39, 0.29) is 28.2 Å².